The number of ether oxygens (including phenoxy) is 1. The van der Waals surface area contributed by atoms with E-state index in [1.54, 1.807) is 0 Å². The third-order valence-corrected chi connectivity index (χ3v) is 4.68. The highest BCUT2D eigenvalue weighted by Crippen LogP contribution is 2.26. The number of aromatic nitrogens is 2. The molecule has 25 heavy (non-hydrogen) atoms. The van der Waals surface area contributed by atoms with Crippen LogP contribution in [0.25, 0.3) is 11.0 Å². The summed E-state index contributed by atoms with van der Waals surface area (Å²) in [5.74, 6) is 1.93. The van der Waals surface area contributed by atoms with Crippen LogP contribution in [0.4, 0.5) is 0 Å². The summed E-state index contributed by atoms with van der Waals surface area (Å²) in [7, 11) is 2.01. The molecule has 1 aliphatic rings. The molecule has 0 radical (unpaired) electrons. The molecule has 0 unspecified atom stereocenters. The quantitative estimate of drug-likeness (QED) is 0.779. The first kappa shape index (κ1) is 15.7. The van der Waals surface area contributed by atoms with Crippen LogP contribution in [0.5, 0.6) is 5.75 Å². The van der Waals surface area contributed by atoms with Gasteiger partial charge in [-0.05, 0) is 29.3 Å². The van der Waals surface area contributed by atoms with Crippen LogP contribution in [-0.4, -0.2) is 28.6 Å². The number of fused-ring (bicyclic) bond motifs is 2. The summed E-state index contributed by atoms with van der Waals surface area (Å²) in [6.45, 7) is 1.32. The lowest BCUT2D eigenvalue weighted by Gasteiger charge is -2.07. The van der Waals surface area contributed by atoms with Gasteiger partial charge in [0.1, 0.15) is 11.6 Å². The Labute approximate surface area is 146 Å². The van der Waals surface area contributed by atoms with E-state index in [1.165, 1.54) is 5.56 Å². The Morgan fingerprint density at radius 1 is 1.28 bits per heavy atom. The van der Waals surface area contributed by atoms with Gasteiger partial charge in [-0.25, -0.2) is 4.98 Å². The van der Waals surface area contributed by atoms with Crippen molar-refractivity contribution in [2.24, 2.45) is 7.05 Å². The number of hydrogen-bond acceptors (Lipinski definition) is 3. The highest BCUT2D eigenvalue weighted by molar-refractivity contribution is 5.79. The minimum atomic E-state index is 0.0247. The monoisotopic (exact) mass is 335 g/mol. The van der Waals surface area contributed by atoms with E-state index in [2.05, 4.69) is 27.0 Å². The first-order chi connectivity index (χ1) is 12.2. The summed E-state index contributed by atoms with van der Waals surface area (Å²) in [4.78, 5) is 16.8. The predicted octanol–water partition coefficient (Wildman–Crippen LogP) is 2.41. The van der Waals surface area contributed by atoms with E-state index in [-0.39, 0.29) is 5.91 Å². The summed E-state index contributed by atoms with van der Waals surface area (Å²) >= 11 is 0. The number of aryl methyl sites for hydroxylation is 1. The van der Waals surface area contributed by atoms with E-state index in [4.69, 9.17) is 4.74 Å². The van der Waals surface area contributed by atoms with Crippen molar-refractivity contribution in [2.75, 3.05) is 13.2 Å². The van der Waals surface area contributed by atoms with E-state index in [0.29, 0.717) is 19.4 Å². The molecule has 0 atom stereocenters. The molecule has 3 aromatic rings. The molecule has 0 saturated heterocycles. The average molecular weight is 335 g/mol. The van der Waals surface area contributed by atoms with Gasteiger partial charge in [0.15, 0.2) is 0 Å². The van der Waals surface area contributed by atoms with Gasteiger partial charge in [-0.2, -0.15) is 0 Å². The predicted molar refractivity (Wildman–Crippen MR) is 96.8 cm³/mol. The van der Waals surface area contributed by atoms with Crippen molar-refractivity contribution in [1.82, 2.24) is 14.9 Å². The molecular formula is C20H21N3O2. The molecule has 5 nitrogen and oxygen atoms in total. The lowest BCUT2D eigenvalue weighted by Crippen LogP contribution is -2.27. The smallest absolute Gasteiger partial charge is 0.224 e. The molecule has 1 N–H and O–H groups in total. The average Bonchev–Trinajstić information content (AvgIpc) is 3.20. The fraction of sp³-hybridized carbons (Fsp3) is 0.300. The second-order valence-corrected chi connectivity index (χ2v) is 6.39. The summed E-state index contributed by atoms with van der Waals surface area (Å²) in [6.07, 6.45) is 2.04. The summed E-state index contributed by atoms with van der Waals surface area (Å²) in [5, 5.41) is 2.99. The summed E-state index contributed by atoms with van der Waals surface area (Å²) < 4.78 is 7.64. The highest BCUT2D eigenvalue weighted by atomic mass is 16.5. The Kier molecular flexibility index (Phi) is 4.14. The largest absolute Gasteiger partial charge is 0.493 e. The molecule has 0 bridgehead atoms. The molecule has 1 aliphatic heterocycles. The van der Waals surface area contributed by atoms with E-state index in [9.17, 15) is 4.79 Å². The molecule has 0 fully saturated rings. The van der Waals surface area contributed by atoms with Crippen LogP contribution in [0, 0.1) is 0 Å². The maximum atomic E-state index is 12.2. The number of carbonyl (C=O) groups excluding carboxylic acids is 1. The minimum Gasteiger partial charge on any atom is -0.493 e. The maximum absolute atomic E-state index is 12.2. The van der Waals surface area contributed by atoms with Gasteiger partial charge in [0.05, 0.1) is 24.1 Å². The number of hydrogen-bond donors (Lipinski definition) is 1. The number of benzene rings is 2. The Morgan fingerprint density at radius 2 is 2.16 bits per heavy atom. The highest BCUT2D eigenvalue weighted by Gasteiger charge is 2.13. The number of nitrogens with zero attached hydrogens (tertiary/aromatic N) is 2. The van der Waals surface area contributed by atoms with Gasteiger partial charge in [-0.15, -0.1) is 0 Å². The van der Waals surface area contributed by atoms with E-state index in [0.717, 1.165) is 41.2 Å². The standard InChI is InChI=1S/C20H21N3O2/c1-23-17-5-3-2-4-16(17)22-19(23)8-10-21-20(24)13-14-6-7-15-9-11-25-18(15)12-14/h2-7,12H,8-11,13H2,1H3,(H,21,24). The number of rotatable bonds is 5. The molecule has 0 aliphatic carbocycles. The van der Waals surface area contributed by atoms with Crippen molar-refractivity contribution in [3.05, 3.63) is 59.4 Å². The number of amides is 1. The van der Waals surface area contributed by atoms with Gasteiger partial charge in [0.25, 0.3) is 0 Å². The lowest BCUT2D eigenvalue weighted by atomic mass is 10.1. The fourth-order valence-electron chi connectivity index (χ4n) is 3.30. The lowest BCUT2D eigenvalue weighted by molar-refractivity contribution is -0.120. The van der Waals surface area contributed by atoms with Crippen molar-refractivity contribution in [3.63, 3.8) is 0 Å². The van der Waals surface area contributed by atoms with Gasteiger partial charge in [-0.1, -0.05) is 24.3 Å². The zero-order valence-corrected chi connectivity index (χ0v) is 14.3. The molecule has 1 amide bonds. The minimum absolute atomic E-state index is 0.0247. The van der Waals surface area contributed by atoms with Crippen molar-refractivity contribution >= 4 is 16.9 Å². The van der Waals surface area contributed by atoms with E-state index >= 15 is 0 Å². The molecule has 1 aromatic heterocycles. The third-order valence-electron chi connectivity index (χ3n) is 4.68. The molecule has 4 rings (SSSR count). The number of carbonyl (C=O) groups is 1. The Hall–Kier alpha value is -2.82. The van der Waals surface area contributed by atoms with Gasteiger partial charge < -0.3 is 14.6 Å². The number of imidazole rings is 1. The first-order valence-electron chi connectivity index (χ1n) is 8.62. The van der Waals surface area contributed by atoms with Crippen molar-refractivity contribution in [3.8, 4) is 5.75 Å². The van der Waals surface area contributed by atoms with Crippen LogP contribution in [0.1, 0.15) is 17.0 Å². The molecule has 0 spiro atoms. The fourth-order valence-corrected chi connectivity index (χ4v) is 3.30. The number of para-hydroxylation sites is 2. The maximum Gasteiger partial charge on any atom is 0.224 e. The van der Waals surface area contributed by atoms with E-state index in [1.807, 2.05) is 37.4 Å². The van der Waals surface area contributed by atoms with Gasteiger partial charge in [0, 0.05) is 26.4 Å². The topological polar surface area (TPSA) is 56.2 Å². The molecule has 5 heteroatoms. The van der Waals surface area contributed by atoms with Crippen LogP contribution in [0.15, 0.2) is 42.5 Å². The van der Waals surface area contributed by atoms with Gasteiger partial charge in [-0.3, -0.25) is 4.79 Å². The van der Waals surface area contributed by atoms with E-state index < -0.39 is 0 Å². The van der Waals surface area contributed by atoms with Gasteiger partial charge >= 0.3 is 0 Å². The molecule has 0 saturated carbocycles. The van der Waals surface area contributed by atoms with Crippen molar-refractivity contribution < 1.29 is 9.53 Å². The second kappa shape index (κ2) is 6.59. The van der Waals surface area contributed by atoms with Crippen LogP contribution in [0.2, 0.25) is 0 Å². The molecule has 2 heterocycles. The van der Waals surface area contributed by atoms with Crippen LogP contribution in [-0.2, 0) is 31.1 Å². The Balaban J connectivity index is 1.33. The van der Waals surface area contributed by atoms with Crippen molar-refractivity contribution in [1.29, 1.82) is 0 Å². The van der Waals surface area contributed by atoms with Crippen LogP contribution >= 0.6 is 0 Å². The summed E-state index contributed by atoms with van der Waals surface area (Å²) in [5.41, 5.74) is 4.32. The Morgan fingerprint density at radius 3 is 3.04 bits per heavy atom. The number of nitrogens with one attached hydrogen (secondary N) is 1. The van der Waals surface area contributed by atoms with Crippen molar-refractivity contribution in [2.45, 2.75) is 19.3 Å². The second-order valence-electron chi connectivity index (χ2n) is 6.39. The summed E-state index contributed by atoms with van der Waals surface area (Å²) in [6, 6.07) is 14.1. The molecule has 128 valence electrons. The molecular weight excluding hydrogens is 314 g/mol. The third kappa shape index (κ3) is 3.22. The zero-order valence-electron chi connectivity index (χ0n) is 14.3. The SMILES string of the molecule is Cn1c(CCNC(=O)Cc2ccc3c(c2)OCC3)nc2ccccc21. The van der Waals surface area contributed by atoms with Crippen LogP contribution in [0.3, 0.4) is 0 Å². The normalized spacial score (nSPS) is 12.8. The van der Waals surface area contributed by atoms with Gasteiger partial charge in [0.2, 0.25) is 5.91 Å². The first-order valence-corrected chi connectivity index (χ1v) is 8.62. The van der Waals surface area contributed by atoms with Crippen LogP contribution < -0.4 is 10.1 Å². The Bertz CT molecular complexity index is 930. The molecule has 2 aromatic carbocycles. The zero-order chi connectivity index (χ0) is 17.2.